The molecule has 0 aromatic heterocycles. The molecule has 4 nitrogen and oxygen atoms in total. The van der Waals surface area contributed by atoms with E-state index in [4.69, 9.17) is 4.84 Å². The highest BCUT2D eigenvalue weighted by molar-refractivity contribution is 6.04. The largest absolute Gasteiger partial charge is 0.382 e. The maximum absolute atomic E-state index is 13.4. The Morgan fingerprint density at radius 3 is 2.69 bits per heavy atom. The van der Waals surface area contributed by atoms with Gasteiger partial charge in [-0.15, -0.1) is 0 Å². The van der Waals surface area contributed by atoms with Crippen molar-refractivity contribution in [3.63, 3.8) is 0 Å². The van der Waals surface area contributed by atoms with Crippen LogP contribution in [-0.2, 0) is 15.0 Å². The van der Waals surface area contributed by atoms with Crippen molar-refractivity contribution >= 4 is 11.6 Å². The molecule has 1 unspecified atom stereocenters. The van der Waals surface area contributed by atoms with Crippen molar-refractivity contribution in [3.05, 3.63) is 71.5 Å². The van der Waals surface area contributed by atoms with E-state index in [0.717, 1.165) is 12.8 Å². The molecule has 4 rings (SSSR count). The Bertz CT molecular complexity index is 831. The fourth-order valence-corrected chi connectivity index (χ4v) is 3.69. The van der Waals surface area contributed by atoms with Gasteiger partial charge in [-0.05, 0) is 30.5 Å². The first-order valence-corrected chi connectivity index (χ1v) is 8.98. The van der Waals surface area contributed by atoms with Gasteiger partial charge in [0, 0.05) is 23.9 Å². The highest BCUT2D eigenvalue weighted by Crippen LogP contribution is 2.43. The molecule has 1 heterocycles. The Labute approximate surface area is 152 Å². The van der Waals surface area contributed by atoms with E-state index in [1.807, 2.05) is 18.2 Å². The third-order valence-corrected chi connectivity index (χ3v) is 5.42. The highest BCUT2D eigenvalue weighted by Gasteiger charge is 2.39. The van der Waals surface area contributed by atoms with Crippen LogP contribution in [0.1, 0.15) is 36.8 Å². The number of halogens is 1. The Morgan fingerprint density at radius 2 is 2.00 bits per heavy atom. The lowest BCUT2D eigenvalue weighted by molar-refractivity contribution is -0.131. The molecule has 1 amide bonds. The van der Waals surface area contributed by atoms with Crippen molar-refractivity contribution in [1.29, 1.82) is 0 Å². The molecule has 0 bridgehead atoms. The minimum absolute atomic E-state index is 0.0295. The van der Waals surface area contributed by atoms with Gasteiger partial charge in [-0.1, -0.05) is 54.0 Å². The molecule has 2 aromatic carbocycles. The Morgan fingerprint density at radius 1 is 1.19 bits per heavy atom. The molecule has 1 N–H and O–H groups in total. The number of nitrogens with zero attached hydrogens (tertiary/aromatic N) is 1. The number of rotatable bonds is 5. The molecule has 26 heavy (non-hydrogen) atoms. The Balaban J connectivity index is 1.36. The third kappa shape index (κ3) is 3.21. The lowest BCUT2D eigenvalue weighted by Crippen LogP contribution is -2.48. The normalized spacial score (nSPS) is 20.7. The summed E-state index contributed by atoms with van der Waals surface area (Å²) in [5, 5.41) is 7.01. The molecule has 134 valence electrons. The van der Waals surface area contributed by atoms with Gasteiger partial charge in [-0.3, -0.25) is 4.79 Å². The molecule has 1 saturated carbocycles. The molecule has 1 atom stereocenters. The minimum Gasteiger partial charge on any atom is -0.382 e. The summed E-state index contributed by atoms with van der Waals surface area (Å²) in [6.45, 7) is 0.602. The van der Waals surface area contributed by atoms with E-state index < -0.39 is 6.10 Å². The second-order valence-electron chi connectivity index (χ2n) is 7.06. The first kappa shape index (κ1) is 16.8. The average Bonchev–Trinajstić information content (AvgIpc) is 3.12. The van der Waals surface area contributed by atoms with Gasteiger partial charge in [-0.25, -0.2) is 4.39 Å². The van der Waals surface area contributed by atoms with Crippen molar-refractivity contribution in [2.75, 3.05) is 6.54 Å². The van der Waals surface area contributed by atoms with Gasteiger partial charge in [-0.2, -0.15) is 0 Å². The van der Waals surface area contributed by atoms with Gasteiger partial charge in [0.25, 0.3) is 5.91 Å². The number of carbonyl (C=O) groups excluding carboxylic acids is 1. The zero-order chi connectivity index (χ0) is 18.0. The van der Waals surface area contributed by atoms with Crippen LogP contribution in [0.15, 0.2) is 59.8 Å². The molecule has 0 saturated heterocycles. The Kier molecular flexibility index (Phi) is 4.45. The van der Waals surface area contributed by atoms with Gasteiger partial charge >= 0.3 is 0 Å². The molecule has 0 spiro atoms. The van der Waals surface area contributed by atoms with E-state index in [2.05, 4.69) is 22.6 Å². The molecular weight excluding hydrogens is 331 g/mol. The lowest BCUT2D eigenvalue weighted by atomic mass is 9.64. The summed E-state index contributed by atoms with van der Waals surface area (Å²) in [6.07, 6.45) is 3.04. The summed E-state index contributed by atoms with van der Waals surface area (Å²) in [4.78, 5) is 17.8. The summed E-state index contributed by atoms with van der Waals surface area (Å²) >= 11 is 0. The first-order chi connectivity index (χ1) is 12.7. The second kappa shape index (κ2) is 6.90. The third-order valence-electron chi connectivity index (χ3n) is 5.42. The number of hydrogen-bond acceptors (Lipinski definition) is 3. The summed E-state index contributed by atoms with van der Waals surface area (Å²) in [5.74, 6) is -0.491. The van der Waals surface area contributed by atoms with Gasteiger partial charge < -0.3 is 10.2 Å². The molecule has 2 aliphatic rings. The van der Waals surface area contributed by atoms with Gasteiger partial charge in [0.1, 0.15) is 5.82 Å². The van der Waals surface area contributed by atoms with Crippen LogP contribution in [0.5, 0.6) is 0 Å². The SMILES string of the molecule is O=C(NCC1(c2ccccc2)CCC1)C1CC(c2cccc(F)c2)=NO1. The standard InChI is InChI=1S/C21H21FN2O2/c22-17-9-4-6-15(12-17)18-13-19(26-24-18)20(25)23-14-21(10-5-11-21)16-7-2-1-3-8-16/h1-4,6-9,12,19H,5,10-11,13-14H2,(H,23,25). The molecule has 0 radical (unpaired) electrons. The number of amides is 1. The van der Waals surface area contributed by atoms with Crippen molar-refractivity contribution in [2.24, 2.45) is 5.16 Å². The van der Waals surface area contributed by atoms with Gasteiger partial charge in [0.15, 0.2) is 0 Å². The van der Waals surface area contributed by atoms with Crippen LogP contribution in [-0.4, -0.2) is 24.3 Å². The van der Waals surface area contributed by atoms with Crippen LogP contribution in [0.25, 0.3) is 0 Å². The van der Waals surface area contributed by atoms with Crippen molar-refractivity contribution in [1.82, 2.24) is 5.32 Å². The number of benzene rings is 2. The zero-order valence-corrected chi connectivity index (χ0v) is 14.5. The fourth-order valence-electron chi connectivity index (χ4n) is 3.69. The van der Waals surface area contributed by atoms with Gasteiger partial charge in [0.2, 0.25) is 6.10 Å². The maximum Gasteiger partial charge on any atom is 0.264 e. The van der Waals surface area contributed by atoms with Gasteiger partial charge in [0.05, 0.1) is 5.71 Å². The fraction of sp³-hybridized carbons (Fsp3) is 0.333. The molecular formula is C21H21FN2O2. The van der Waals surface area contributed by atoms with Crippen LogP contribution < -0.4 is 5.32 Å². The van der Waals surface area contributed by atoms with E-state index in [1.54, 1.807) is 12.1 Å². The number of hydrogen-bond donors (Lipinski definition) is 1. The Hall–Kier alpha value is -2.69. The van der Waals surface area contributed by atoms with Crippen LogP contribution in [0, 0.1) is 5.82 Å². The van der Waals surface area contributed by atoms with Crippen LogP contribution in [0.4, 0.5) is 4.39 Å². The predicted octanol–water partition coefficient (Wildman–Crippen LogP) is 3.56. The number of nitrogens with one attached hydrogen (secondary N) is 1. The van der Waals surface area contributed by atoms with Crippen molar-refractivity contribution in [3.8, 4) is 0 Å². The number of oxime groups is 1. The van der Waals surface area contributed by atoms with Crippen molar-refractivity contribution in [2.45, 2.75) is 37.2 Å². The quantitative estimate of drug-likeness (QED) is 0.895. The smallest absolute Gasteiger partial charge is 0.264 e. The molecule has 2 aromatic rings. The topological polar surface area (TPSA) is 50.7 Å². The summed E-state index contributed by atoms with van der Waals surface area (Å²) < 4.78 is 13.4. The van der Waals surface area contributed by atoms with Crippen LogP contribution in [0.3, 0.4) is 0 Å². The highest BCUT2D eigenvalue weighted by atomic mass is 19.1. The average molecular weight is 352 g/mol. The van der Waals surface area contributed by atoms with Crippen LogP contribution in [0.2, 0.25) is 0 Å². The zero-order valence-electron chi connectivity index (χ0n) is 14.5. The van der Waals surface area contributed by atoms with E-state index >= 15 is 0 Å². The lowest BCUT2D eigenvalue weighted by Gasteiger charge is -2.42. The van der Waals surface area contributed by atoms with E-state index in [-0.39, 0.29) is 17.1 Å². The maximum atomic E-state index is 13.4. The predicted molar refractivity (Wildman–Crippen MR) is 97.4 cm³/mol. The van der Waals surface area contributed by atoms with E-state index in [0.29, 0.717) is 24.2 Å². The summed E-state index contributed by atoms with van der Waals surface area (Å²) in [6, 6.07) is 16.5. The van der Waals surface area contributed by atoms with Crippen molar-refractivity contribution < 1.29 is 14.0 Å². The first-order valence-electron chi connectivity index (χ1n) is 8.98. The number of carbonyl (C=O) groups is 1. The molecule has 1 aliphatic carbocycles. The van der Waals surface area contributed by atoms with E-state index in [9.17, 15) is 9.18 Å². The monoisotopic (exact) mass is 352 g/mol. The molecule has 5 heteroatoms. The molecule has 1 aliphatic heterocycles. The summed E-state index contributed by atoms with van der Waals surface area (Å²) in [7, 11) is 0. The molecule has 1 fully saturated rings. The second-order valence-corrected chi connectivity index (χ2v) is 7.06. The van der Waals surface area contributed by atoms with Crippen LogP contribution >= 0.6 is 0 Å². The van der Waals surface area contributed by atoms with E-state index in [1.165, 1.54) is 24.1 Å². The minimum atomic E-state index is -0.652. The summed E-state index contributed by atoms with van der Waals surface area (Å²) in [5.41, 5.74) is 2.56.